The number of allylic oxidation sites excluding steroid dienone is 34. The summed E-state index contributed by atoms with van der Waals surface area (Å²) >= 11 is 0. The molecule has 2 unspecified atom stereocenters. The van der Waals surface area contributed by atoms with Gasteiger partial charge in [-0.05, 0) is 141 Å². The lowest BCUT2D eigenvalue weighted by atomic mass is 10.0. The Balaban J connectivity index is 5.60. The van der Waals surface area contributed by atoms with E-state index in [0.29, 0.717) is 44.9 Å². The lowest BCUT2D eigenvalue weighted by Crippen LogP contribution is -2.30. The molecule has 0 heterocycles. The number of hydrogen-bond acceptors (Lipinski definition) is 15. The van der Waals surface area contributed by atoms with Crippen molar-refractivity contribution >= 4 is 39.5 Å². The zero-order valence-electron chi connectivity index (χ0n) is 69.3. The SMILES string of the molecule is CC/C=C\C/C=C\C/C=C\C/C=C\C/C=C\C/C=C\CCC(=O)OC[C@H](COP(=O)(O)OC[C@@H](O)COP(=O)(O)OC[C@@H](COC(=O)CCCCCCCCCCCCCCCCC)OC(=O)CC/C=C\C/C=C\C/C=C\C/C=C\C/C=C\CCCCC)OC(=O)CC/C=C\C/C=C\C/C=C\C/C=C\C/C=C\C/C=C\CC. The number of ether oxygens (including phenoxy) is 4. The Labute approximate surface area is 678 Å². The predicted molar refractivity (Wildman–Crippen MR) is 463 cm³/mol. The molecular formula is C93H148O17P2. The molecule has 0 aliphatic carbocycles. The Kier molecular flexibility index (Phi) is 77.9. The minimum Gasteiger partial charge on any atom is -0.462 e. The number of carbonyl (C=O) groups is 4. The first-order chi connectivity index (χ1) is 54.7. The van der Waals surface area contributed by atoms with Gasteiger partial charge in [-0.15, -0.1) is 0 Å². The van der Waals surface area contributed by atoms with E-state index in [4.69, 9.17) is 37.0 Å². The van der Waals surface area contributed by atoms with Gasteiger partial charge in [0, 0.05) is 25.7 Å². The Bertz CT molecular complexity index is 2940. The van der Waals surface area contributed by atoms with E-state index in [2.05, 4.69) is 180 Å². The molecule has 5 atom stereocenters. The number of unbranched alkanes of at least 4 members (excludes halogenated alkanes) is 17. The number of aliphatic hydroxyl groups excluding tert-OH is 1. The van der Waals surface area contributed by atoms with Crippen molar-refractivity contribution in [2.24, 2.45) is 0 Å². The molecular weight excluding hydrogens is 1450 g/mol. The van der Waals surface area contributed by atoms with Crippen LogP contribution in [0.5, 0.6) is 0 Å². The maximum absolute atomic E-state index is 13.1. The Hall–Kier alpha value is -6.36. The van der Waals surface area contributed by atoms with E-state index in [1.54, 1.807) is 0 Å². The molecule has 0 spiro atoms. The maximum atomic E-state index is 13.1. The smallest absolute Gasteiger partial charge is 0.462 e. The minimum atomic E-state index is -5.04. The van der Waals surface area contributed by atoms with Gasteiger partial charge in [0.25, 0.3) is 0 Å². The standard InChI is InChI=1S/C93H148O17P2/c1-5-9-13-17-21-25-29-33-37-40-43-46-50-54-58-62-66-70-74-78-91(96)104-84-89(110-93(98)80-76-72-68-64-60-56-52-48-45-42-39-35-31-27-23-19-15-11-7-3)86-108-112(101,102)106-82-87(94)81-105-111(99,100)107-85-88(83-103-90(95)77-73-69-65-61-57-53-49-36-32-28-24-20-16-12-8-4)109-92(97)79-75-71-67-63-59-55-51-47-44-41-38-34-30-26-22-18-14-10-6-2/h9,11,13,15,21-23,25-27,33-35,37-39,43-48,54-56,58-60,66-68,70-72,87-89,94H,5-8,10,12,14,16-20,24,28-32,36,40-42,49-53,57,61-65,69,73-86H2,1-4H3,(H,99,100)(H,101,102)/b13-9-,15-11-,25-21-,26-22-,27-23-,37-33-,38-34-,39-35-,46-43-,47-44-,48-45-,58-54-,59-55-,60-56-,70-66-,71-67-,72-68-/t87-,88+,89+/m0/s1. The molecule has 632 valence electrons. The molecule has 17 nitrogen and oxygen atoms in total. The van der Waals surface area contributed by atoms with Gasteiger partial charge in [0.05, 0.1) is 26.4 Å². The third-order valence-electron chi connectivity index (χ3n) is 16.8. The first kappa shape index (κ1) is 106. The first-order valence-electron chi connectivity index (χ1n) is 42.3. The summed E-state index contributed by atoms with van der Waals surface area (Å²) in [7, 11) is -10.1. The largest absolute Gasteiger partial charge is 0.472 e. The zero-order chi connectivity index (χ0) is 81.7. The Morgan fingerprint density at radius 2 is 0.482 bits per heavy atom. The second-order valence-corrected chi connectivity index (χ2v) is 30.2. The number of phosphoric ester groups is 2. The summed E-state index contributed by atoms with van der Waals surface area (Å²) in [5.74, 6) is -2.48. The lowest BCUT2D eigenvalue weighted by molar-refractivity contribution is -0.161. The highest BCUT2D eigenvalue weighted by Crippen LogP contribution is 2.45. The van der Waals surface area contributed by atoms with Crippen LogP contribution in [0.3, 0.4) is 0 Å². The van der Waals surface area contributed by atoms with Crippen molar-refractivity contribution in [1.82, 2.24) is 0 Å². The van der Waals surface area contributed by atoms with Crippen LogP contribution in [-0.2, 0) is 65.4 Å². The fourth-order valence-electron chi connectivity index (χ4n) is 10.4. The van der Waals surface area contributed by atoms with Crippen molar-refractivity contribution < 1.29 is 80.2 Å². The monoisotopic (exact) mass is 1600 g/mol. The summed E-state index contributed by atoms with van der Waals surface area (Å²) in [5.41, 5.74) is 0. The van der Waals surface area contributed by atoms with Crippen molar-refractivity contribution in [3.8, 4) is 0 Å². The molecule has 3 N–H and O–H groups in total. The van der Waals surface area contributed by atoms with Gasteiger partial charge in [-0.25, -0.2) is 9.13 Å². The molecule has 0 saturated carbocycles. The molecule has 0 amide bonds. The van der Waals surface area contributed by atoms with Crippen LogP contribution in [0.2, 0.25) is 0 Å². The molecule has 0 aromatic heterocycles. The molecule has 0 rings (SSSR count). The van der Waals surface area contributed by atoms with Crippen LogP contribution in [-0.4, -0.2) is 96.7 Å². The van der Waals surface area contributed by atoms with E-state index in [9.17, 15) is 43.2 Å². The number of carbonyl (C=O) groups excluding carboxylic acids is 4. The highest BCUT2D eigenvalue weighted by Gasteiger charge is 2.30. The fraction of sp³-hybridized carbons (Fsp3) is 0.591. The maximum Gasteiger partial charge on any atom is 0.472 e. The number of aliphatic hydroxyl groups is 1. The first-order valence-corrected chi connectivity index (χ1v) is 45.3. The van der Waals surface area contributed by atoms with Gasteiger partial charge in [0.2, 0.25) is 0 Å². The second-order valence-electron chi connectivity index (χ2n) is 27.3. The summed E-state index contributed by atoms with van der Waals surface area (Å²) in [4.78, 5) is 73.1. The van der Waals surface area contributed by atoms with Crippen LogP contribution < -0.4 is 0 Å². The molecule has 0 aromatic rings. The number of esters is 4. The normalized spacial score (nSPS) is 14.8. The summed E-state index contributed by atoms with van der Waals surface area (Å²) in [6.07, 6.45) is 104. The Morgan fingerprint density at radius 3 is 0.768 bits per heavy atom. The van der Waals surface area contributed by atoms with Crippen LogP contribution in [0.25, 0.3) is 0 Å². The molecule has 0 bridgehead atoms. The quantitative estimate of drug-likeness (QED) is 0.0169. The third kappa shape index (κ3) is 81.6. The van der Waals surface area contributed by atoms with Crippen molar-refractivity contribution in [3.05, 3.63) is 207 Å². The molecule has 112 heavy (non-hydrogen) atoms. The van der Waals surface area contributed by atoms with E-state index < -0.39 is 97.5 Å². The zero-order valence-corrected chi connectivity index (χ0v) is 71.0. The molecule has 0 fully saturated rings. The van der Waals surface area contributed by atoms with E-state index in [1.165, 1.54) is 83.5 Å². The van der Waals surface area contributed by atoms with Crippen molar-refractivity contribution in [3.63, 3.8) is 0 Å². The number of phosphoric acid groups is 2. The van der Waals surface area contributed by atoms with Crippen LogP contribution in [0.1, 0.15) is 297 Å². The molecule has 0 aliphatic rings. The van der Waals surface area contributed by atoms with Crippen LogP contribution in [0.15, 0.2) is 207 Å². The van der Waals surface area contributed by atoms with E-state index >= 15 is 0 Å². The molecule has 0 aromatic carbocycles. The number of hydrogen-bond donors (Lipinski definition) is 3. The average Bonchev–Trinajstić information content (AvgIpc) is 0.908. The van der Waals surface area contributed by atoms with Gasteiger partial charge in [0.15, 0.2) is 12.2 Å². The van der Waals surface area contributed by atoms with Gasteiger partial charge in [-0.1, -0.05) is 337 Å². The van der Waals surface area contributed by atoms with E-state index in [1.807, 2.05) is 54.7 Å². The summed E-state index contributed by atoms with van der Waals surface area (Å²) in [5, 5.41) is 10.7. The molecule has 0 saturated heterocycles. The van der Waals surface area contributed by atoms with Crippen LogP contribution in [0, 0.1) is 0 Å². The van der Waals surface area contributed by atoms with Gasteiger partial charge in [0.1, 0.15) is 19.3 Å². The highest BCUT2D eigenvalue weighted by atomic mass is 31.2. The summed E-state index contributed by atoms with van der Waals surface area (Å²) in [6.45, 7) is 4.36. The van der Waals surface area contributed by atoms with E-state index in [-0.39, 0.29) is 25.7 Å². The van der Waals surface area contributed by atoms with Gasteiger partial charge in [-0.3, -0.25) is 37.3 Å². The van der Waals surface area contributed by atoms with Gasteiger partial charge < -0.3 is 33.8 Å². The summed E-state index contributed by atoms with van der Waals surface area (Å²) < 4.78 is 68.5. The summed E-state index contributed by atoms with van der Waals surface area (Å²) in [6, 6.07) is 0. The molecule has 0 radical (unpaired) electrons. The molecule has 19 heteroatoms. The van der Waals surface area contributed by atoms with Gasteiger partial charge in [-0.2, -0.15) is 0 Å². The van der Waals surface area contributed by atoms with Crippen molar-refractivity contribution in [1.29, 1.82) is 0 Å². The highest BCUT2D eigenvalue weighted by molar-refractivity contribution is 7.47. The second kappa shape index (κ2) is 82.6. The van der Waals surface area contributed by atoms with Crippen LogP contribution >= 0.6 is 15.6 Å². The van der Waals surface area contributed by atoms with Crippen molar-refractivity contribution in [2.75, 3.05) is 39.6 Å². The fourth-order valence-corrected chi connectivity index (χ4v) is 12.0. The lowest BCUT2D eigenvalue weighted by Gasteiger charge is -2.21. The van der Waals surface area contributed by atoms with Crippen molar-refractivity contribution in [2.45, 2.75) is 316 Å². The average molecular weight is 1600 g/mol. The predicted octanol–water partition coefficient (Wildman–Crippen LogP) is 25.4. The topological polar surface area (TPSA) is 237 Å². The van der Waals surface area contributed by atoms with Crippen LogP contribution in [0.4, 0.5) is 0 Å². The van der Waals surface area contributed by atoms with E-state index in [0.717, 1.165) is 116 Å². The minimum absolute atomic E-state index is 0.00979. The Morgan fingerprint density at radius 1 is 0.259 bits per heavy atom. The molecule has 0 aliphatic heterocycles. The van der Waals surface area contributed by atoms with Gasteiger partial charge >= 0.3 is 39.5 Å². The third-order valence-corrected chi connectivity index (χ3v) is 18.7. The number of rotatable bonds is 77.